The van der Waals surface area contributed by atoms with Gasteiger partial charge in [0.15, 0.2) is 0 Å². The van der Waals surface area contributed by atoms with Crippen molar-refractivity contribution in [2.75, 3.05) is 56.6 Å². The molecule has 0 bridgehead atoms. The molecule has 0 radical (unpaired) electrons. The molecule has 6 nitrogen and oxygen atoms in total. The summed E-state index contributed by atoms with van der Waals surface area (Å²) >= 11 is 0. The van der Waals surface area contributed by atoms with Gasteiger partial charge in [0.1, 0.15) is 12.4 Å². The number of carbonyl (C=O) groups is 1. The molecule has 1 heterocycles. The van der Waals surface area contributed by atoms with E-state index in [-0.39, 0.29) is 6.03 Å². The highest BCUT2D eigenvalue weighted by Crippen LogP contribution is 2.19. The van der Waals surface area contributed by atoms with E-state index in [2.05, 4.69) is 52.6 Å². The molecule has 0 spiro atoms. The maximum absolute atomic E-state index is 12.1. The minimum absolute atomic E-state index is 0.224. The van der Waals surface area contributed by atoms with Crippen molar-refractivity contribution in [1.29, 1.82) is 0 Å². The number of carbonyl (C=O) groups excluding carboxylic acids is 1. The number of rotatable bonds is 7. The lowest BCUT2D eigenvalue weighted by Crippen LogP contribution is -2.44. The van der Waals surface area contributed by atoms with Crippen LogP contribution in [0.25, 0.3) is 0 Å². The summed E-state index contributed by atoms with van der Waals surface area (Å²) in [6, 6.07) is 15.8. The molecule has 2 N–H and O–H groups in total. The molecule has 1 aliphatic heterocycles. The van der Waals surface area contributed by atoms with Crippen LogP contribution in [0.5, 0.6) is 5.75 Å². The Labute approximate surface area is 167 Å². The molecule has 1 aliphatic rings. The van der Waals surface area contributed by atoms with Gasteiger partial charge in [-0.15, -0.1) is 0 Å². The third kappa shape index (κ3) is 5.89. The zero-order valence-corrected chi connectivity index (χ0v) is 16.8. The van der Waals surface area contributed by atoms with Crippen molar-refractivity contribution in [3.8, 4) is 5.75 Å². The van der Waals surface area contributed by atoms with Crippen LogP contribution in [-0.4, -0.2) is 57.3 Å². The van der Waals surface area contributed by atoms with Crippen LogP contribution in [0.2, 0.25) is 0 Å². The summed E-state index contributed by atoms with van der Waals surface area (Å²) in [6.07, 6.45) is 0.978. The van der Waals surface area contributed by atoms with E-state index in [4.69, 9.17) is 4.74 Å². The second-order valence-corrected chi connectivity index (χ2v) is 7.07. The number of likely N-dealkylation sites (N-methyl/N-ethyl adjacent to an activating group) is 1. The Morgan fingerprint density at radius 2 is 1.82 bits per heavy atom. The van der Waals surface area contributed by atoms with Crippen molar-refractivity contribution in [2.45, 2.75) is 13.3 Å². The Morgan fingerprint density at radius 3 is 2.54 bits per heavy atom. The minimum atomic E-state index is -0.224. The summed E-state index contributed by atoms with van der Waals surface area (Å²) in [5.74, 6) is 0.834. The van der Waals surface area contributed by atoms with Crippen molar-refractivity contribution in [3.63, 3.8) is 0 Å². The van der Waals surface area contributed by atoms with Gasteiger partial charge in [0, 0.05) is 37.6 Å². The summed E-state index contributed by atoms with van der Waals surface area (Å²) in [5, 5.41) is 5.69. The van der Waals surface area contributed by atoms with Gasteiger partial charge in [-0.2, -0.15) is 0 Å². The number of urea groups is 1. The fraction of sp³-hybridized carbons (Fsp3) is 0.409. The van der Waals surface area contributed by atoms with Gasteiger partial charge in [0.05, 0.1) is 6.54 Å². The number of nitrogens with zero attached hydrogens (tertiary/aromatic N) is 2. The Kier molecular flexibility index (Phi) is 7.14. The van der Waals surface area contributed by atoms with Crippen molar-refractivity contribution < 1.29 is 9.53 Å². The number of piperazine rings is 1. The van der Waals surface area contributed by atoms with Crippen LogP contribution >= 0.6 is 0 Å². The summed E-state index contributed by atoms with van der Waals surface area (Å²) in [4.78, 5) is 16.8. The smallest absolute Gasteiger partial charge is 0.319 e. The van der Waals surface area contributed by atoms with E-state index in [9.17, 15) is 4.79 Å². The lowest BCUT2D eigenvalue weighted by molar-refractivity contribution is 0.247. The van der Waals surface area contributed by atoms with Gasteiger partial charge in [-0.25, -0.2) is 4.79 Å². The molecule has 0 unspecified atom stereocenters. The van der Waals surface area contributed by atoms with Crippen molar-refractivity contribution >= 4 is 17.4 Å². The Hall–Kier alpha value is -2.73. The maximum Gasteiger partial charge on any atom is 0.319 e. The molecule has 2 aromatic rings. The van der Waals surface area contributed by atoms with Gasteiger partial charge < -0.3 is 25.2 Å². The first kappa shape index (κ1) is 20.0. The Morgan fingerprint density at radius 1 is 1.07 bits per heavy atom. The van der Waals surface area contributed by atoms with Crippen LogP contribution in [0.4, 0.5) is 16.2 Å². The average Bonchev–Trinajstić information content (AvgIpc) is 2.73. The summed E-state index contributed by atoms with van der Waals surface area (Å²) < 4.78 is 5.69. The van der Waals surface area contributed by atoms with Crippen LogP contribution in [-0.2, 0) is 6.42 Å². The fourth-order valence-electron chi connectivity index (χ4n) is 3.18. The van der Waals surface area contributed by atoms with Gasteiger partial charge in [-0.05, 0) is 55.4 Å². The van der Waals surface area contributed by atoms with Crippen molar-refractivity contribution in [1.82, 2.24) is 10.2 Å². The number of benzene rings is 2. The first-order chi connectivity index (χ1) is 13.6. The van der Waals surface area contributed by atoms with E-state index in [1.54, 1.807) is 0 Å². The Balaban J connectivity index is 1.38. The standard InChI is InChI=1S/C22H30N4O2/c1-3-18-5-4-6-21(17-18)28-16-11-23-22(27)24-19-7-9-20(10-8-19)26-14-12-25(2)13-15-26/h4-10,17H,3,11-16H2,1-2H3,(H2,23,24,27). The second-order valence-electron chi connectivity index (χ2n) is 7.07. The third-order valence-electron chi connectivity index (χ3n) is 4.96. The maximum atomic E-state index is 12.1. The minimum Gasteiger partial charge on any atom is -0.492 e. The number of ether oxygens (including phenoxy) is 1. The molecule has 0 aromatic heterocycles. The number of aryl methyl sites for hydroxylation is 1. The highest BCUT2D eigenvalue weighted by atomic mass is 16.5. The van der Waals surface area contributed by atoms with E-state index < -0.39 is 0 Å². The lowest BCUT2D eigenvalue weighted by Gasteiger charge is -2.34. The molecule has 0 atom stereocenters. The van der Waals surface area contributed by atoms with E-state index in [0.717, 1.165) is 44.0 Å². The highest BCUT2D eigenvalue weighted by molar-refractivity contribution is 5.89. The molecule has 2 aromatic carbocycles. The second kappa shape index (κ2) is 9.99. The molecule has 150 valence electrons. The molecule has 1 fully saturated rings. The number of anilines is 2. The van der Waals surface area contributed by atoms with Crippen molar-refractivity contribution in [2.24, 2.45) is 0 Å². The molecule has 2 amide bonds. The zero-order valence-electron chi connectivity index (χ0n) is 16.8. The zero-order chi connectivity index (χ0) is 19.8. The lowest BCUT2D eigenvalue weighted by atomic mass is 10.2. The van der Waals surface area contributed by atoms with E-state index in [0.29, 0.717) is 13.2 Å². The monoisotopic (exact) mass is 382 g/mol. The summed E-state index contributed by atoms with van der Waals surface area (Å²) in [5.41, 5.74) is 3.22. The average molecular weight is 383 g/mol. The Bertz CT molecular complexity index is 755. The predicted molar refractivity (Wildman–Crippen MR) is 114 cm³/mol. The van der Waals surface area contributed by atoms with Gasteiger partial charge >= 0.3 is 6.03 Å². The van der Waals surface area contributed by atoms with E-state index >= 15 is 0 Å². The molecular formula is C22H30N4O2. The summed E-state index contributed by atoms with van der Waals surface area (Å²) in [7, 11) is 2.15. The normalized spacial score (nSPS) is 14.6. The molecule has 0 saturated carbocycles. The van der Waals surface area contributed by atoms with Crippen LogP contribution in [0.1, 0.15) is 12.5 Å². The predicted octanol–water partition coefficient (Wildman–Crippen LogP) is 3.20. The van der Waals surface area contributed by atoms with Crippen LogP contribution < -0.4 is 20.3 Å². The van der Waals surface area contributed by atoms with E-state index in [1.165, 1.54) is 11.3 Å². The largest absolute Gasteiger partial charge is 0.492 e. The van der Waals surface area contributed by atoms with Gasteiger partial charge in [0.2, 0.25) is 0 Å². The third-order valence-corrected chi connectivity index (χ3v) is 4.96. The van der Waals surface area contributed by atoms with Gasteiger partial charge in [-0.1, -0.05) is 19.1 Å². The highest BCUT2D eigenvalue weighted by Gasteiger charge is 2.14. The first-order valence-corrected chi connectivity index (χ1v) is 9.94. The van der Waals surface area contributed by atoms with Crippen LogP contribution in [0.3, 0.4) is 0 Å². The molecule has 1 saturated heterocycles. The molecule has 6 heteroatoms. The van der Waals surface area contributed by atoms with E-state index in [1.807, 2.05) is 30.3 Å². The van der Waals surface area contributed by atoms with Crippen LogP contribution in [0.15, 0.2) is 48.5 Å². The quantitative estimate of drug-likeness (QED) is 0.722. The topological polar surface area (TPSA) is 56.8 Å². The van der Waals surface area contributed by atoms with Gasteiger partial charge in [-0.3, -0.25) is 0 Å². The van der Waals surface area contributed by atoms with Gasteiger partial charge in [0.25, 0.3) is 0 Å². The molecule has 0 aliphatic carbocycles. The molecular weight excluding hydrogens is 352 g/mol. The fourth-order valence-corrected chi connectivity index (χ4v) is 3.18. The number of nitrogens with one attached hydrogen (secondary N) is 2. The molecule has 28 heavy (non-hydrogen) atoms. The molecule has 3 rings (SSSR count). The summed E-state index contributed by atoms with van der Waals surface area (Å²) in [6.45, 7) is 7.21. The number of hydrogen-bond acceptors (Lipinski definition) is 4. The van der Waals surface area contributed by atoms with Crippen LogP contribution in [0, 0.1) is 0 Å². The van der Waals surface area contributed by atoms with Crippen molar-refractivity contribution in [3.05, 3.63) is 54.1 Å². The SMILES string of the molecule is CCc1cccc(OCCNC(=O)Nc2ccc(N3CCN(C)CC3)cc2)c1. The first-order valence-electron chi connectivity index (χ1n) is 9.94. The number of amides is 2. The number of hydrogen-bond donors (Lipinski definition) is 2.